The van der Waals surface area contributed by atoms with E-state index in [-0.39, 0.29) is 39.7 Å². The highest BCUT2D eigenvalue weighted by Crippen LogP contribution is 2.51. The van der Waals surface area contributed by atoms with E-state index >= 15 is 0 Å². The van der Waals surface area contributed by atoms with E-state index in [4.69, 9.17) is 42.3 Å². The first kappa shape index (κ1) is 30.0. The van der Waals surface area contributed by atoms with Gasteiger partial charge in [0.05, 0.1) is 49.3 Å². The van der Waals surface area contributed by atoms with Gasteiger partial charge in [-0.25, -0.2) is 0 Å². The smallest absolute Gasteiger partial charge is 0.229 e. The third-order valence-electron chi connectivity index (χ3n) is 6.64. The summed E-state index contributed by atoms with van der Waals surface area (Å²) in [5.41, 5.74) is -0.332. The van der Waals surface area contributed by atoms with Crippen molar-refractivity contribution in [2.24, 2.45) is 0 Å². The summed E-state index contributed by atoms with van der Waals surface area (Å²) in [5, 5.41) is 40.4. The molecule has 0 aliphatic carbocycles. The minimum absolute atomic E-state index is 0.00751. The molecule has 5 atom stereocenters. The summed E-state index contributed by atoms with van der Waals surface area (Å²) in [5.74, 6) is 0.647. The van der Waals surface area contributed by atoms with Crippen molar-refractivity contribution in [2.75, 3.05) is 49.3 Å². The molecule has 0 saturated carbocycles. The standard InChI is InChI=1S/C27H32O14/c1-33-14-7-11(8-15(34-2)21(14)35-3)13-9-12(29)17-22(39-13)24(36-4)26(38-6)25(37-5)23(17)41-27-20(32)19(31)18(30)16(10-28)40-27/h7-9,16,18-20,27-28,30-32H,10H2,1-6H3/t16-,18-,19+,20-,27+/m1/s1. The number of hydrogen-bond acceptors (Lipinski definition) is 14. The molecule has 3 aromatic rings. The molecule has 0 unspecified atom stereocenters. The predicted molar refractivity (Wildman–Crippen MR) is 142 cm³/mol. The Kier molecular flexibility index (Phi) is 8.99. The van der Waals surface area contributed by atoms with E-state index in [1.807, 2.05) is 0 Å². The summed E-state index contributed by atoms with van der Waals surface area (Å²) < 4.78 is 50.3. The van der Waals surface area contributed by atoms with E-state index in [9.17, 15) is 25.2 Å². The minimum atomic E-state index is -1.77. The number of benzene rings is 2. The molecule has 2 heterocycles. The van der Waals surface area contributed by atoms with Crippen molar-refractivity contribution in [1.82, 2.24) is 0 Å². The average molecular weight is 581 g/mol. The number of methoxy groups -OCH3 is 6. The van der Waals surface area contributed by atoms with E-state index in [2.05, 4.69) is 0 Å². The first-order valence-electron chi connectivity index (χ1n) is 12.3. The molecule has 0 radical (unpaired) electrons. The van der Waals surface area contributed by atoms with E-state index in [0.29, 0.717) is 22.8 Å². The Morgan fingerprint density at radius 2 is 1.27 bits per heavy atom. The van der Waals surface area contributed by atoms with Gasteiger partial charge in [0.15, 0.2) is 28.3 Å². The van der Waals surface area contributed by atoms with E-state index in [1.54, 1.807) is 12.1 Å². The Balaban J connectivity index is 1.98. The maximum absolute atomic E-state index is 13.7. The molecule has 1 aliphatic heterocycles. The van der Waals surface area contributed by atoms with Gasteiger partial charge in [-0.05, 0) is 12.1 Å². The summed E-state index contributed by atoms with van der Waals surface area (Å²) in [4.78, 5) is 13.7. The molecule has 1 fully saturated rings. The molecular weight excluding hydrogens is 548 g/mol. The molecule has 2 aromatic carbocycles. The lowest BCUT2D eigenvalue weighted by molar-refractivity contribution is -0.277. The fraction of sp³-hybridized carbons (Fsp3) is 0.444. The van der Waals surface area contributed by atoms with Gasteiger partial charge >= 0.3 is 0 Å². The van der Waals surface area contributed by atoms with Crippen LogP contribution in [-0.2, 0) is 4.74 Å². The topological polar surface area (TPSA) is 185 Å². The number of hydrogen-bond donors (Lipinski definition) is 4. The fourth-order valence-electron chi connectivity index (χ4n) is 4.61. The fourth-order valence-corrected chi connectivity index (χ4v) is 4.61. The van der Waals surface area contributed by atoms with Gasteiger partial charge in [0, 0.05) is 11.6 Å². The molecule has 14 nitrogen and oxygen atoms in total. The van der Waals surface area contributed by atoms with Crippen molar-refractivity contribution in [3.8, 4) is 51.6 Å². The quantitative estimate of drug-likeness (QED) is 0.262. The molecular formula is C27H32O14. The molecule has 41 heavy (non-hydrogen) atoms. The lowest BCUT2D eigenvalue weighted by Crippen LogP contribution is -2.60. The van der Waals surface area contributed by atoms with E-state index in [0.717, 1.165) is 0 Å². The molecule has 1 aliphatic rings. The second-order valence-electron chi connectivity index (χ2n) is 8.84. The number of ether oxygens (including phenoxy) is 8. The van der Waals surface area contributed by atoms with Crippen LogP contribution in [-0.4, -0.2) is 100 Å². The van der Waals surface area contributed by atoms with Crippen LogP contribution < -0.4 is 38.6 Å². The van der Waals surface area contributed by atoms with Crippen LogP contribution in [0.3, 0.4) is 0 Å². The van der Waals surface area contributed by atoms with Gasteiger partial charge in [-0.2, -0.15) is 0 Å². The SMILES string of the molecule is COc1cc(-c2cc(=O)c3c(O[C@@H]4O[C@H](CO)[C@@H](O)[C@H](O)[C@H]4O)c(OC)c(OC)c(OC)c3o2)cc(OC)c1OC. The Morgan fingerprint density at radius 1 is 0.707 bits per heavy atom. The third-order valence-corrected chi connectivity index (χ3v) is 6.64. The number of aliphatic hydroxyl groups excluding tert-OH is 4. The van der Waals surface area contributed by atoms with Gasteiger partial charge in [0.1, 0.15) is 35.6 Å². The molecule has 0 spiro atoms. The maximum atomic E-state index is 13.7. The van der Waals surface area contributed by atoms with Gasteiger partial charge in [-0.15, -0.1) is 0 Å². The normalized spacial score (nSPS) is 22.2. The van der Waals surface area contributed by atoms with Crippen molar-refractivity contribution in [3.05, 3.63) is 28.4 Å². The van der Waals surface area contributed by atoms with Gasteiger partial charge in [-0.1, -0.05) is 0 Å². The van der Waals surface area contributed by atoms with Crippen molar-refractivity contribution in [1.29, 1.82) is 0 Å². The van der Waals surface area contributed by atoms with E-state index in [1.165, 1.54) is 48.7 Å². The zero-order valence-corrected chi connectivity index (χ0v) is 23.2. The zero-order chi connectivity index (χ0) is 30.0. The van der Waals surface area contributed by atoms with Crippen LogP contribution in [0.5, 0.6) is 40.2 Å². The van der Waals surface area contributed by atoms with Gasteiger partial charge in [-0.3, -0.25) is 4.79 Å². The summed E-state index contributed by atoms with van der Waals surface area (Å²) in [6, 6.07) is 4.36. The molecule has 14 heteroatoms. The Morgan fingerprint density at radius 3 is 1.78 bits per heavy atom. The van der Waals surface area contributed by atoms with Gasteiger partial charge in [0.2, 0.25) is 29.3 Å². The van der Waals surface area contributed by atoms with Crippen LogP contribution in [0.25, 0.3) is 22.3 Å². The first-order chi connectivity index (χ1) is 19.7. The van der Waals surface area contributed by atoms with Crippen LogP contribution >= 0.6 is 0 Å². The van der Waals surface area contributed by atoms with Crippen molar-refractivity contribution < 1.29 is 62.7 Å². The van der Waals surface area contributed by atoms with Crippen LogP contribution in [0.1, 0.15) is 0 Å². The highest BCUT2D eigenvalue weighted by atomic mass is 16.7. The monoisotopic (exact) mass is 580 g/mol. The summed E-state index contributed by atoms with van der Waals surface area (Å²) in [6.45, 7) is -0.686. The number of rotatable bonds is 10. The molecule has 1 saturated heterocycles. The third kappa shape index (κ3) is 5.15. The number of fused-ring (bicyclic) bond motifs is 1. The maximum Gasteiger partial charge on any atom is 0.229 e. The predicted octanol–water partition coefficient (Wildman–Crippen LogP) is 0.690. The molecule has 0 amide bonds. The summed E-state index contributed by atoms with van der Waals surface area (Å²) in [6.07, 6.45) is -8.03. The molecule has 4 rings (SSSR count). The summed E-state index contributed by atoms with van der Waals surface area (Å²) >= 11 is 0. The van der Waals surface area contributed by atoms with Crippen LogP contribution in [0, 0.1) is 0 Å². The Labute approximate surface area is 234 Å². The molecule has 0 bridgehead atoms. The highest BCUT2D eigenvalue weighted by Gasteiger charge is 2.45. The largest absolute Gasteiger partial charge is 0.493 e. The van der Waals surface area contributed by atoms with Crippen LogP contribution in [0.4, 0.5) is 0 Å². The molecule has 1 aromatic heterocycles. The van der Waals surface area contributed by atoms with Crippen LogP contribution in [0.15, 0.2) is 27.4 Å². The van der Waals surface area contributed by atoms with E-state index < -0.39 is 42.7 Å². The minimum Gasteiger partial charge on any atom is -0.493 e. The highest BCUT2D eigenvalue weighted by molar-refractivity contribution is 5.95. The van der Waals surface area contributed by atoms with Crippen molar-refractivity contribution in [3.63, 3.8) is 0 Å². The second-order valence-corrected chi connectivity index (χ2v) is 8.84. The Bertz CT molecular complexity index is 1420. The number of aliphatic hydroxyl groups is 4. The molecule has 4 N–H and O–H groups in total. The van der Waals surface area contributed by atoms with Gasteiger partial charge < -0.3 is 62.7 Å². The Hall–Kier alpha value is -3.95. The van der Waals surface area contributed by atoms with Crippen molar-refractivity contribution in [2.45, 2.75) is 30.7 Å². The second kappa shape index (κ2) is 12.3. The van der Waals surface area contributed by atoms with Gasteiger partial charge in [0.25, 0.3) is 0 Å². The first-order valence-corrected chi connectivity index (χ1v) is 12.3. The molecule has 224 valence electrons. The average Bonchev–Trinajstić information content (AvgIpc) is 2.99. The summed E-state index contributed by atoms with van der Waals surface area (Å²) in [7, 11) is 8.29. The van der Waals surface area contributed by atoms with Crippen LogP contribution in [0.2, 0.25) is 0 Å². The van der Waals surface area contributed by atoms with Crippen molar-refractivity contribution >= 4 is 11.0 Å². The lowest BCUT2D eigenvalue weighted by atomic mass is 9.99. The lowest BCUT2D eigenvalue weighted by Gasteiger charge is -2.39. The zero-order valence-electron chi connectivity index (χ0n) is 23.2.